The Hall–Kier alpha value is -1.81. The highest BCUT2D eigenvalue weighted by atomic mass is 19.1. The van der Waals surface area contributed by atoms with E-state index in [0.717, 1.165) is 23.9 Å². The zero-order valence-electron chi connectivity index (χ0n) is 9.32. The van der Waals surface area contributed by atoms with Crippen molar-refractivity contribution in [2.45, 2.75) is 13.0 Å². The van der Waals surface area contributed by atoms with Gasteiger partial charge in [0, 0.05) is 17.5 Å². The van der Waals surface area contributed by atoms with Crippen LogP contribution in [-0.4, -0.2) is 4.98 Å². The standard InChI is InChI=1S/C13H12F2N2/c1-8-2-3-9(7-17-8)13(16)11-6-10(14)4-5-12(11)15/h2-7,13H,16H2,1H3. The number of rotatable bonds is 2. The van der Waals surface area contributed by atoms with Crippen molar-refractivity contribution in [2.24, 2.45) is 5.73 Å². The minimum absolute atomic E-state index is 0.135. The number of aryl methyl sites for hydroxylation is 1. The third kappa shape index (κ3) is 2.47. The van der Waals surface area contributed by atoms with Gasteiger partial charge < -0.3 is 5.73 Å². The Morgan fingerprint density at radius 1 is 1.18 bits per heavy atom. The molecule has 1 heterocycles. The second kappa shape index (κ2) is 4.59. The number of hydrogen-bond acceptors (Lipinski definition) is 2. The molecule has 0 spiro atoms. The van der Waals surface area contributed by atoms with Crippen molar-refractivity contribution in [2.75, 3.05) is 0 Å². The molecule has 0 amide bonds. The average molecular weight is 234 g/mol. The molecule has 17 heavy (non-hydrogen) atoms. The van der Waals surface area contributed by atoms with Crippen molar-refractivity contribution in [1.29, 1.82) is 0 Å². The second-order valence-corrected chi connectivity index (χ2v) is 3.88. The molecule has 4 heteroatoms. The number of aromatic nitrogens is 1. The summed E-state index contributed by atoms with van der Waals surface area (Å²) < 4.78 is 26.6. The first-order valence-electron chi connectivity index (χ1n) is 5.21. The van der Waals surface area contributed by atoms with Crippen LogP contribution in [0.2, 0.25) is 0 Å². The summed E-state index contributed by atoms with van der Waals surface area (Å²) in [7, 11) is 0. The van der Waals surface area contributed by atoms with Crippen molar-refractivity contribution in [1.82, 2.24) is 4.98 Å². The molecule has 88 valence electrons. The fourth-order valence-corrected chi connectivity index (χ4v) is 1.60. The van der Waals surface area contributed by atoms with Crippen molar-refractivity contribution < 1.29 is 8.78 Å². The molecule has 0 bridgehead atoms. The van der Waals surface area contributed by atoms with Gasteiger partial charge in [0.25, 0.3) is 0 Å². The third-order valence-electron chi connectivity index (χ3n) is 2.59. The first-order chi connectivity index (χ1) is 8.08. The first kappa shape index (κ1) is 11.7. The Morgan fingerprint density at radius 2 is 1.94 bits per heavy atom. The van der Waals surface area contributed by atoms with Gasteiger partial charge in [-0.1, -0.05) is 6.07 Å². The number of hydrogen-bond donors (Lipinski definition) is 1. The van der Waals surface area contributed by atoms with Crippen LogP contribution in [-0.2, 0) is 0 Å². The molecule has 2 nitrogen and oxygen atoms in total. The van der Waals surface area contributed by atoms with Gasteiger partial charge in [-0.3, -0.25) is 4.98 Å². The zero-order chi connectivity index (χ0) is 12.4. The van der Waals surface area contributed by atoms with Gasteiger partial charge in [0.15, 0.2) is 0 Å². The molecule has 2 aromatic rings. The predicted octanol–water partition coefficient (Wildman–Crippen LogP) is 2.72. The minimum atomic E-state index is -0.709. The van der Waals surface area contributed by atoms with Crippen molar-refractivity contribution >= 4 is 0 Å². The van der Waals surface area contributed by atoms with Gasteiger partial charge in [-0.05, 0) is 36.8 Å². The molecule has 0 fully saturated rings. The summed E-state index contributed by atoms with van der Waals surface area (Å²) in [4.78, 5) is 4.08. The smallest absolute Gasteiger partial charge is 0.128 e. The fourth-order valence-electron chi connectivity index (χ4n) is 1.60. The fraction of sp³-hybridized carbons (Fsp3) is 0.154. The molecular formula is C13H12F2N2. The molecule has 1 aromatic carbocycles. The van der Waals surface area contributed by atoms with E-state index in [1.165, 1.54) is 0 Å². The third-order valence-corrected chi connectivity index (χ3v) is 2.59. The van der Waals surface area contributed by atoms with Crippen LogP contribution in [0.25, 0.3) is 0 Å². The maximum Gasteiger partial charge on any atom is 0.128 e. The van der Waals surface area contributed by atoms with E-state index in [-0.39, 0.29) is 5.56 Å². The zero-order valence-corrected chi connectivity index (χ0v) is 9.32. The maximum absolute atomic E-state index is 13.5. The highest BCUT2D eigenvalue weighted by Gasteiger charge is 2.14. The van der Waals surface area contributed by atoms with E-state index in [9.17, 15) is 8.78 Å². The molecule has 0 radical (unpaired) electrons. The first-order valence-corrected chi connectivity index (χ1v) is 5.21. The van der Waals surface area contributed by atoms with Gasteiger partial charge in [-0.15, -0.1) is 0 Å². The topological polar surface area (TPSA) is 38.9 Å². The van der Waals surface area contributed by atoms with E-state index in [1.54, 1.807) is 18.3 Å². The van der Waals surface area contributed by atoms with Gasteiger partial charge in [0.1, 0.15) is 11.6 Å². The lowest BCUT2D eigenvalue weighted by Crippen LogP contribution is -2.14. The lowest BCUT2D eigenvalue weighted by atomic mass is 10.0. The summed E-state index contributed by atoms with van der Waals surface area (Å²) in [6.45, 7) is 1.85. The molecule has 0 saturated carbocycles. The van der Waals surface area contributed by atoms with E-state index in [0.29, 0.717) is 5.56 Å². The van der Waals surface area contributed by atoms with Crippen LogP contribution in [0, 0.1) is 18.6 Å². The molecule has 1 unspecified atom stereocenters. The van der Waals surface area contributed by atoms with Gasteiger partial charge in [-0.2, -0.15) is 0 Å². The normalized spacial score (nSPS) is 12.5. The maximum atomic E-state index is 13.5. The van der Waals surface area contributed by atoms with Crippen LogP contribution in [0.5, 0.6) is 0 Å². The summed E-state index contributed by atoms with van der Waals surface area (Å²) in [5, 5.41) is 0. The van der Waals surface area contributed by atoms with Crippen LogP contribution in [0.15, 0.2) is 36.5 Å². The summed E-state index contributed by atoms with van der Waals surface area (Å²) in [6.07, 6.45) is 1.57. The van der Waals surface area contributed by atoms with Crippen LogP contribution < -0.4 is 5.73 Å². The van der Waals surface area contributed by atoms with Crippen LogP contribution in [0.4, 0.5) is 8.78 Å². The molecule has 0 aliphatic carbocycles. The Morgan fingerprint density at radius 3 is 2.59 bits per heavy atom. The monoisotopic (exact) mass is 234 g/mol. The van der Waals surface area contributed by atoms with Gasteiger partial charge in [-0.25, -0.2) is 8.78 Å². The largest absolute Gasteiger partial charge is 0.320 e. The van der Waals surface area contributed by atoms with Gasteiger partial charge >= 0.3 is 0 Å². The second-order valence-electron chi connectivity index (χ2n) is 3.88. The van der Waals surface area contributed by atoms with Crippen LogP contribution >= 0.6 is 0 Å². The Kier molecular flexibility index (Phi) is 3.15. The minimum Gasteiger partial charge on any atom is -0.320 e. The van der Waals surface area contributed by atoms with Crippen LogP contribution in [0.1, 0.15) is 22.9 Å². The van der Waals surface area contributed by atoms with Crippen molar-refractivity contribution in [3.8, 4) is 0 Å². The summed E-state index contributed by atoms with van der Waals surface area (Å²) in [5.74, 6) is -1.02. The van der Waals surface area contributed by atoms with E-state index in [4.69, 9.17) is 5.73 Å². The molecule has 2 rings (SSSR count). The molecule has 1 aromatic heterocycles. The van der Waals surface area contributed by atoms with E-state index < -0.39 is 17.7 Å². The van der Waals surface area contributed by atoms with Crippen molar-refractivity contribution in [3.63, 3.8) is 0 Å². The lowest BCUT2D eigenvalue weighted by molar-refractivity contribution is 0.576. The summed E-state index contributed by atoms with van der Waals surface area (Å²) in [5.41, 5.74) is 7.52. The highest BCUT2D eigenvalue weighted by Crippen LogP contribution is 2.22. The van der Waals surface area contributed by atoms with Gasteiger partial charge in [0.05, 0.1) is 6.04 Å². The van der Waals surface area contributed by atoms with Crippen molar-refractivity contribution in [3.05, 3.63) is 65.0 Å². The van der Waals surface area contributed by atoms with E-state index in [2.05, 4.69) is 4.98 Å². The number of pyridine rings is 1. The van der Waals surface area contributed by atoms with E-state index in [1.807, 2.05) is 6.92 Å². The summed E-state index contributed by atoms with van der Waals surface area (Å²) >= 11 is 0. The number of nitrogens with two attached hydrogens (primary N) is 1. The Labute approximate surface area is 98.1 Å². The van der Waals surface area contributed by atoms with E-state index >= 15 is 0 Å². The van der Waals surface area contributed by atoms with Gasteiger partial charge in [0.2, 0.25) is 0 Å². The molecule has 0 aliphatic heterocycles. The number of benzene rings is 1. The molecular weight excluding hydrogens is 222 g/mol. The Bertz CT molecular complexity index is 523. The van der Waals surface area contributed by atoms with Crippen LogP contribution in [0.3, 0.4) is 0 Å². The molecule has 1 atom stereocenters. The number of halogens is 2. The summed E-state index contributed by atoms with van der Waals surface area (Å²) in [6, 6.07) is 6.09. The predicted molar refractivity (Wildman–Crippen MR) is 61.4 cm³/mol. The molecule has 0 saturated heterocycles. The Balaban J connectivity index is 2.39. The highest BCUT2D eigenvalue weighted by molar-refractivity contribution is 5.31. The molecule has 0 aliphatic rings. The average Bonchev–Trinajstić information content (AvgIpc) is 2.32. The number of nitrogens with zero attached hydrogens (tertiary/aromatic N) is 1. The molecule has 2 N–H and O–H groups in total. The lowest BCUT2D eigenvalue weighted by Gasteiger charge is -2.13. The quantitative estimate of drug-likeness (QED) is 0.867. The SMILES string of the molecule is Cc1ccc(C(N)c2cc(F)ccc2F)cn1.